The van der Waals surface area contributed by atoms with Gasteiger partial charge in [0.25, 0.3) is 5.91 Å². The molecular weight excluding hydrogens is 322 g/mol. The van der Waals surface area contributed by atoms with E-state index in [-0.39, 0.29) is 24.0 Å². The van der Waals surface area contributed by atoms with Gasteiger partial charge in [0.1, 0.15) is 12.1 Å². The molecule has 2 saturated heterocycles. The molecule has 1 saturated carbocycles. The Morgan fingerprint density at radius 3 is 2.57 bits per heavy atom. The van der Waals surface area contributed by atoms with E-state index in [0.717, 1.165) is 24.2 Å². The number of urea groups is 1. The first kappa shape index (κ1) is 16.2. The van der Waals surface area contributed by atoms with Crippen molar-refractivity contribution in [1.82, 2.24) is 15.5 Å². The highest BCUT2D eigenvalue weighted by molar-refractivity contribution is 7.91. The summed E-state index contributed by atoms with van der Waals surface area (Å²) in [5.74, 6) is -0.854. The van der Waals surface area contributed by atoms with Gasteiger partial charge in [0.15, 0.2) is 9.84 Å². The molecular formula is C14H21N3O5S. The second-order valence-electron chi connectivity index (χ2n) is 6.63. The van der Waals surface area contributed by atoms with Gasteiger partial charge in [-0.15, -0.1) is 0 Å². The maximum Gasteiger partial charge on any atom is 0.325 e. The molecule has 0 bridgehead atoms. The van der Waals surface area contributed by atoms with Crippen LogP contribution in [0, 0.1) is 0 Å². The molecule has 1 unspecified atom stereocenters. The zero-order valence-electron chi connectivity index (χ0n) is 12.8. The molecule has 2 N–H and O–H groups in total. The number of nitrogens with one attached hydrogen (secondary N) is 2. The van der Waals surface area contributed by atoms with Crippen molar-refractivity contribution in [3.05, 3.63) is 0 Å². The van der Waals surface area contributed by atoms with E-state index in [2.05, 4.69) is 10.6 Å². The fourth-order valence-corrected chi connectivity index (χ4v) is 5.31. The molecule has 1 atom stereocenters. The lowest BCUT2D eigenvalue weighted by Gasteiger charge is -2.30. The fraction of sp³-hybridized carbons (Fsp3) is 0.786. The van der Waals surface area contributed by atoms with E-state index >= 15 is 0 Å². The van der Waals surface area contributed by atoms with Crippen molar-refractivity contribution in [3.8, 4) is 0 Å². The van der Waals surface area contributed by atoms with Gasteiger partial charge in [-0.3, -0.25) is 14.5 Å². The highest BCUT2D eigenvalue weighted by Crippen LogP contribution is 2.33. The van der Waals surface area contributed by atoms with Crippen LogP contribution in [0.1, 0.15) is 38.5 Å². The highest BCUT2D eigenvalue weighted by atomic mass is 32.2. The average molecular weight is 343 g/mol. The van der Waals surface area contributed by atoms with Gasteiger partial charge in [0, 0.05) is 6.04 Å². The molecule has 23 heavy (non-hydrogen) atoms. The van der Waals surface area contributed by atoms with Crippen molar-refractivity contribution in [3.63, 3.8) is 0 Å². The van der Waals surface area contributed by atoms with Crippen LogP contribution in [0.15, 0.2) is 0 Å². The van der Waals surface area contributed by atoms with Gasteiger partial charge in [-0.1, -0.05) is 19.3 Å². The Morgan fingerprint density at radius 2 is 1.96 bits per heavy atom. The summed E-state index contributed by atoms with van der Waals surface area (Å²) in [4.78, 5) is 37.6. The van der Waals surface area contributed by atoms with Crippen LogP contribution in [-0.2, 0) is 19.4 Å². The molecule has 3 fully saturated rings. The Hall–Kier alpha value is -1.64. The Balaban J connectivity index is 1.60. The molecule has 1 spiro atoms. The first-order valence-electron chi connectivity index (χ1n) is 7.95. The number of rotatable bonds is 3. The average Bonchev–Trinajstić information content (AvgIpc) is 2.92. The minimum atomic E-state index is -3.09. The summed E-state index contributed by atoms with van der Waals surface area (Å²) in [6, 6.07) is -0.969. The van der Waals surface area contributed by atoms with Crippen molar-refractivity contribution in [2.24, 2.45) is 0 Å². The molecule has 0 aromatic carbocycles. The van der Waals surface area contributed by atoms with Crippen LogP contribution in [-0.4, -0.2) is 60.8 Å². The normalized spacial score (nSPS) is 28.9. The second kappa shape index (κ2) is 5.77. The monoisotopic (exact) mass is 343 g/mol. The van der Waals surface area contributed by atoms with Gasteiger partial charge in [-0.2, -0.15) is 0 Å². The minimum absolute atomic E-state index is 0.0597. The summed E-state index contributed by atoms with van der Waals surface area (Å²) in [5, 5.41) is 5.34. The van der Waals surface area contributed by atoms with Crippen LogP contribution in [0.4, 0.5) is 4.79 Å². The smallest absolute Gasteiger partial charge is 0.325 e. The van der Waals surface area contributed by atoms with E-state index in [0.29, 0.717) is 19.3 Å². The molecule has 4 amide bonds. The fourth-order valence-electron chi connectivity index (χ4n) is 3.64. The van der Waals surface area contributed by atoms with Crippen LogP contribution in [0.25, 0.3) is 0 Å². The number of carbonyl (C=O) groups is 3. The van der Waals surface area contributed by atoms with Crippen LogP contribution < -0.4 is 10.6 Å². The molecule has 1 aliphatic carbocycles. The third-order valence-electron chi connectivity index (χ3n) is 4.85. The van der Waals surface area contributed by atoms with E-state index in [4.69, 9.17) is 0 Å². The molecule has 8 nitrogen and oxygen atoms in total. The molecule has 128 valence electrons. The van der Waals surface area contributed by atoms with Gasteiger partial charge in [0.05, 0.1) is 11.5 Å². The summed E-state index contributed by atoms with van der Waals surface area (Å²) < 4.78 is 22.8. The lowest BCUT2D eigenvalue weighted by atomic mass is 9.82. The van der Waals surface area contributed by atoms with Crippen molar-refractivity contribution < 1.29 is 22.8 Å². The van der Waals surface area contributed by atoms with E-state index < -0.39 is 33.4 Å². The van der Waals surface area contributed by atoms with Crippen LogP contribution in [0.2, 0.25) is 0 Å². The number of hydrogen-bond acceptors (Lipinski definition) is 5. The maximum absolute atomic E-state index is 12.5. The first-order valence-corrected chi connectivity index (χ1v) is 9.77. The van der Waals surface area contributed by atoms with E-state index in [1.165, 1.54) is 0 Å². The minimum Gasteiger partial charge on any atom is -0.351 e. The quantitative estimate of drug-likeness (QED) is 0.674. The van der Waals surface area contributed by atoms with Crippen LogP contribution in [0.5, 0.6) is 0 Å². The van der Waals surface area contributed by atoms with Gasteiger partial charge in [0.2, 0.25) is 5.91 Å². The summed E-state index contributed by atoms with van der Waals surface area (Å²) in [6.45, 7) is -0.358. The lowest BCUT2D eigenvalue weighted by Crippen LogP contribution is -2.49. The number of imide groups is 1. The lowest BCUT2D eigenvalue weighted by molar-refractivity contribution is -0.136. The standard InChI is InChI=1S/C14H21N3O5S/c18-11(15-10-4-7-23(21,22)9-10)8-17-12(19)14(16-13(17)20)5-2-1-3-6-14/h10H,1-9H2,(H,15,18)(H,16,20). The second-order valence-corrected chi connectivity index (χ2v) is 8.86. The maximum atomic E-state index is 12.5. The molecule has 0 aromatic heterocycles. The van der Waals surface area contributed by atoms with Crippen molar-refractivity contribution in [1.29, 1.82) is 0 Å². The molecule has 3 rings (SSSR count). The van der Waals surface area contributed by atoms with E-state index in [9.17, 15) is 22.8 Å². The summed E-state index contributed by atoms with van der Waals surface area (Å²) in [6.07, 6.45) is 4.39. The zero-order valence-corrected chi connectivity index (χ0v) is 13.7. The summed E-state index contributed by atoms with van der Waals surface area (Å²) in [5.41, 5.74) is -0.841. The Morgan fingerprint density at radius 1 is 1.26 bits per heavy atom. The predicted molar refractivity (Wildman–Crippen MR) is 81.3 cm³/mol. The Bertz CT molecular complexity index is 639. The number of hydrogen-bond donors (Lipinski definition) is 2. The van der Waals surface area contributed by atoms with Gasteiger partial charge >= 0.3 is 6.03 Å². The van der Waals surface area contributed by atoms with E-state index in [1.54, 1.807) is 0 Å². The van der Waals surface area contributed by atoms with Crippen LogP contribution >= 0.6 is 0 Å². The third kappa shape index (κ3) is 3.19. The van der Waals surface area contributed by atoms with Gasteiger partial charge < -0.3 is 10.6 Å². The third-order valence-corrected chi connectivity index (χ3v) is 6.62. The van der Waals surface area contributed by atoms with Crippen LogP contribution in [0.3, 0.4) is 0 Å². The SMILES string of the molecule is O=C(CN1C(=O)NC2(CCCCC2)C1=O)NC1CCS(=O)(=O)C1. The highest BCUT2D eigenvalue weighted by Gasteiger charge is 2.51. The van der Waals surface area contributed by atoms with Gasteiger partial charge in [-0.25, -0.2) is 13.2 Å². The molecule has 9 heteroatoms. The molecule has 3 aliphatic rings. The Kier molecular flexibility index (Phi) is 4.07. The Labute approximate surface area is 134 Å². The molecule has 0 radical (unpaired) electrons. The molecule has 0 aromatic rings. The van der Waals surface area contributed by atoms with Crippen molar-refractivity contribution in [2.45, 2.75) is 50.1 Å². The topological polar surface area (TPSA) is 113 Å². The largest absolute Gasteiger partial charge is 0.351 e. The van der Waals surface area contributed by atoms with Crippen molar-refractivity contribution >= 4 is 27.7 Å². The van der Waals surface area contributed by atoms with E-state index in [1.807, 2.05) is 0 Å². The molecule has 2 aliphatic heterocycles. The summed E-state index contributed by atoms with van der Waals surface area (Å²) in [7, 11) is -3.09. The first-order chi connectivity index (χ1) is 10.8. The number of nitrogens with zero attached hydrogens (tertiary/aromatic N) is 1. The predicted octanol–water partition coefficient (Wildman–Crippen LogP) is -0.456. The number of carbonyl (C=O) groups excluding carboxylic acids is 3. The number of sulfone groups is 1. The van der Waals surface area contributed by atoms with Gasteiger partial charge in [-0.05, 0) is 19.3 Å². The number of amides is 4. The molecule has 2 heterocycles. The van der Waals surface area contributed by atoms with Crippen molar-refractivity contribution in [2.75, 3.05) is 18.1 Å². The zero-order chi connectivity index (χ0) is 16.7. The summed E-state index contributed by atoms with van der Waals surface area (Å²) >= 11 is 0.